The van der Waals surface area contributed by atoms with Gasteiger partial charge >= 0.3 is 12.2 Å². The molecule has 4 aromatic heterocycles. The number of nitrogens with zero attached hydrogens (tertiary/aromatic N) is 6. The van der Waals surface area contributed by atoms with Crippen LogP contribution in [0.3, 0.4) is 0 Å². The van der Waals surface area contributed by atoms with E-state index in [1.54, 1.807) is 0 Å². The number of ether oxygens (including phenoxy) is 2. The number of aromatic nitrogens is 4. The normalized spacial score (nSPS) is 18.6. The zero-order chi connectivity index (χ0) is 33.8. The van der Waals surface area contributed by atoms with Crippen LogP contribution in [0.4, 0.5) is 9.59 Å². The van der Waals surface area contributed by atoms with Gasteiger partial charge in [-0.3, -0.25) is 9.80 Å². The van der Waals surface area contributed by atoms with E-state index < -0.39 is 11.2 Å². The summed E-state index contributed by atoms with van der Waals surface area (Å²) in [7, 11) is 0. The first-order valence-corrected chi connectivity index (χ1v) is 16.9. The molecule has 2 saturated heterocycles. The molecule has 0 bridgehead atoms. The SMILES string of the molecule is CC(C)(C)OC(=O)N1CCC[C@H]1c1cn2ccc(-c3ccc(-c4ccn5cc([C@@H]6CCCN6C(=O)OC(C)(C)C)nc5c4)cc3)cc2n1. The number of pyridine rings is 2. The third-order valence-corrected chi connectivity index (χ3v) is 8.95. The van der Waals surface area contributed by atoms with Gasteiger partial charge in [0.2, 0.25) is 0 Å². The quantitative estimate of drug-likeness (QED) is 0.194. The molecule has 0 saturated carbocycles. The van der Waals surface area contributed by atoms with Crippen molar-refractivity contribution in [3.05, 3.63) is 84.7 Å². The lowest BCUT2D eigenvalue weighted by molar-refractivity contribution is 0.0211. The Morgan fingerprint density at radius 1 is 0.625 bits per heavy atom. The number of likely N-dealkylation sites (tertiary alicyclic amines) is 2. The molecular formula is C38H44N6O4. The van der Waals surface area contributed by atoms with Crippen LogP contribution in [-0.4, -0.2) is 65.0 Å². The van der Waals surface area contributed by atoms with Crippen LogP contribution in [0.5, 0.6) is 0 Å². The summed E-state index contributed by atoms with van der Waals surface area (Å²) in [5.41, 5.74) is 6.71. The highest BCUT2D eigenvalue weighted by atomic mass is 16.6. The van der Waals surface area contributed by atoms with Crippen LogP contribution in [-0.2, 0) is 9.47 Å². The van der Waals surface area contributed by atoms with Crippen LogP contribution < -0.4 is 0 Å². The first-order chi connectivity index (χ1) is 22.8. The Kier molecular flexibility index (Phi) is 7.92. The van der Waals surface area contributed by atoms with Crippen LogP contribution in [0.1, 0.15) is 90.7 Å². The van der Waals surface area contributed by atoms with Crippen molar-refractivity contribution in [3.8, 4) is 22.3 Å². The summed E-state index contributed by atoms with van der Waals surface area (Å²) >= 11 is 0. The maximum absolute atomic E-state index is 12.9. The Bertz CT molecular complexity index is 1840. The minimum absolute atomic E-state index is 0.0898. The highest BCUT2D eigenvalue weighted by Crippen LogP contribution is 2.35. The molecule has 5 aromatic rings. The van der Waals surface area contributed by atoms with Gasteiger partial charge in [-0.1, -0.05) is 24.3 Å². The lowest BCUT2D eigenvalue weighted by Gasteiger charge is -2.27. The molecule has 2 aliphatic heterocycles. The standard InChI is InChI=1S/C38H44N6O4/c1-37(2,3)47-35(45)43-17-7-9-31(43)29-23-41-19-15-27(21-33(41)39-29)25-11-13-26(14-12-25)28-16-20-42-24-30(40-34(42)22-28)32-10-8-18-44(32)36(46)48-38(4,5)6/h11-16,19-24,31-32H,7-10,17-18H2,1-6H3/t31-,32-/m0/s1. The van der Waals surface area contributed by atoms with E-state index in [4.69, 9.17) is 19.4 Å². The molecule has 2 fully saturated rings. The molecule has 0 radical (unpaired) electrons. The summed E-state index contributed by atoms with van der Waals surface area (Å²) in [4.78, 5) is 39.2. The summed E-state index contributed by atoms with van der Waals surface area (Å²) in [6.45, 7) is 12.7. The van der Waals surface area contributed by atoms with E-state index in [-0.39, 0.29) is 24.3 Å². The average Bonchev–Trinajstić information content (AvgIpc) is 3.83. The summed E-state index contributed by atoms with van der Waals surface area (Å²) in [5, 5.41) is 0. The molecule has 48 heavy (non-hydrogen) atoms. The maximum atomic E-state index is 12.9. The average molecular weight is 649 g/mol. The fourth-order valence-electron chi connectivity index (χ4n) is 6.76. The van der Waals surface area contributed by atoms with E-state index in [1.807, 2.05) is 84.9 Å². The molecule has 10 heteroatoms. The Morgan fingerprint density at radius 3 is 1.40 bits per heavy atom. The van der Waals surface area contributed by atoms with Crippen molar-refractivity contribution in [1.82, 2.24) is 28.6 Å². The van der Waals surface area contributed by atoms with Crippen molar-refractivity contribution in [2.24, 2.45) is 0 Å². The molecule has 10 nitrogen and oxygen atoms in total. The number of carbonyl (C=O) groups is 2. The molecule has 6 heterocycles. The Morgan fingerprint density at radius 2 is 1.02 bits per heavy atom. The zero-order valence-corrected chi connectivity index (χ0v) is 28.6. The molecule has 2 aliphatic rings. The van der Waals surface area contributed by atoms with Gasteiger partial charge in [0.1, 0.15) is 22.5 Å². The van der Waals surface area contributed by atoms with Crippen LogP contribution in [0.25, 0.3) is 33.5 Å². The van der Waals surface area contributed by atoms with E-state index in [0.717, 1.165) is 70.6 Å². The third-order valence-electron chi connectivity index (χ3n) is 8.95. The smallest absolute Gasteiger partial charge is 0.410 e. The van der Waals surface area contributed by atoms with E-state index in [0.29, 0.717) is 13.1 Å². The lowest BCUT2D eigenvalue weighted by Crippen LogP contribution is -2.36. The monoisotopic (exact) mass is 648 g/mol. The van der Waals surface area contributed by atoms with E-state index in [1.165, 1.54) is 0 Å². The number of fused-ring (bicyclic) bond motifs is 2. The van der Waals surface area contributed by atoms with Gasteiger partial charge in [-0.2, -0.15) is 0 Å². The number of hydrogen-bond acceptors (Lipinski definition) is 6. The summed E-state index contributed by atoms with van der Waals surface area (Å²) in [6.07, 6.45) is 11.1. The van der Waals surface area contributed by atoms with Gasteiger partial charge in [-0.05, 0) is 114 Å². The first kappa shape index (κ1) is 31.7. The van der Waals surface area contributed by atoms with Gasteiger partial charge < -0.3 is 18.3 Å². The number of benzene rings is 1. The van der Waals surface area contributed by atoms with Crippen LogP contribution in [0.2, 0.25) is 0 Å². The largest absolute Gasteiger partial charge is 0.444 e. The molecule has 250 valence electrons. The van der Waals surface area contributed by atoms with Gasteiger partial charge in [0.05, 0.1) is 23.5 Å². The van der Waals surface area contributed by atoms with E-state index in [9.17, 15) is 9.59 Å². The number of amides is 2. The molecule has 2 amide bonds. The minimum Gasteiger partial charge on any atom is -0.444 e. The van der Waals surface area contributed by atoms with Crippen LogP contribution >= 0.6 is 0 Å². The first-order valence-electron chi connectivity index (χ1n) is 16.9. The van der Waals surface area contributed by atoms with Gasteiger partial charge in [0.25, 0.3) is 0 Å². The Labute approximate surface area is 281 Å². The van der Waals surface area contributed by atoms with E-state index in [2.05, 4.69) is 48.5 Å². The van der Waals surface area contributed by atoms with Crippen molar-refractivity contribution in [3.63, 3.8) is 0 Å². The second-order valence-corrected chi connectivity index (χ2v) is 14.9. The van der Waals surface area contributed by atoms with Gasteiger partial charge in [0.15, 0.2) is 0 Å². The Hall–Kier alpha value is -4.86. The predicted molar refractivity (Wildman–Crippen MR) is 185 cm³/mol. The second-order valence-electron chi connectivity index (χ2n) is 14.9. The number of carbonyl (C=O) groups excluding carboxylic acids is 2. The third kappa shape index (κ3) is 6.48. The number of rotatable bonds is 4. The van der Waals surface area contributed by atoms with Crippen molar-refractivity contribution in [2.75, 3.05) is 13.1 Å². The molecule has 1 aromatic carbocycles. The van der Waals surface area contributed by atoms with Gasteiger partial charge in [0, 0.05) is 37.9 Å². The molecule has 0 aliphatic carbocycles. The van der Waals surface area contributed by atoms with Crippen molar-refractivity contribution in [2.45, 2.75) is 90.5 Å². The summed E-state index contributed by atoms with van der Waals surface area (Å²) in [5.74, 6) is 0. The zero-order valence-electron chi connectivity index (χ0n) is 28.6. The molecule has 7 rings (SSSR count). The maximum Gasteiger partial charge on any atom is 0.410 e. The van der Waals surface area contributed by atoms with Crippen LogP contribution in [0.15, 0.2) is 73.3 Å². The molecular weight excluding hydrogens is 604 g/mol. The van der Waals surface area contributed by atoms with Crippen LogP contribution in [0, 0.1) is 0 Å². The lowest BCUT2D eigenvalue weighted by atomic mass is 10.0. The van der Waals surface area contributed by atoms with Crippen molar-refractivity contribution >= 4 is 23.5 Å². The minimum atomic E-state index is -0.536. The predicted octanol–water partition coefficient (Wildman–Crippen LogP) is 8.46. The highest BCUT2D eigenvalue weighted by molar-refractivity contribution is 5.74. The molecule has 0 spiro atoms. The summed E-state index contributed by atoms with van der Waals surface area (Å²) in [6, 6.07) is 16.7. The van der Waals surface area contributed by atoms with Crippen molar-refractivity contribution < 1.29 is 19.1 Å². The van der Waals surface area contributed by atoms with Gasteiger partial charge in [-0.25, -0.2) is 19.6 Å². The van der Waals surface area contributed by atoms with E-state index >= 15 is 0 Å². The molecule has 0 unspecified atom stereocenters. The molecule has 2 atom stereocenters. The fraction of sp³-hybridized carbons (Fsp3) is 0.421. The van der Waals surface area contributed by atoms with Gasteiger partial charge in [-0.15, -0.1) is 0 Å². The summed E-state index contributed by atoms with van der Waals surface area (Å²) < 4.78 is 15.4. The molecule has 0 N–H and O–H groups in total. The number of hydrogen-bond donors (Lipinski definition) is 0. The Balaban J connectivity index is 1.08. The topological polar surface area (TPSA) is 93.7 Å². The van der Waals surface area contributed by atoms with Crippen molar-refractivity contribution in [1.29, 1.82) is 0 Å². The second kappa shape index (κ2) is 12.0. The number of imidazole rings is 2. The highest BCUT2D eigenvalue weighted by Gasteiger charge is 2.36. The fourth-order valence-corrected chi connectivity index (χ4v) is 6.76.